The minimum absolute atomic E-state index is 0.764. The van der Waals surface area contributed by atoms with Crippen LogP contribution in [0.1, 0.15) is 149 Å². The molecule has 0 nitrogen and oxygen atoms in total. The van der Waals surface area contributed by atoms with Crippen LogP contribution in [0.2, 0.25) is 0 Å². The van der Waals surface area contributed by atoms with Crippen LogP contribution in [0.5, 0.6) is 0 Å². The Morgan fingerprint density at radius 3 is 1.43 bits per heavy atom. The Labute approximate surface area is 178 Å². The molecule has 3 saturated carbocycles. The molecule has 0 radical (unpaired) electrons. The Kier molecular flexibility index (Phi) is 9.72. The monoisotopic (exact) mass is 388 g/mol. The van der Waals surface area contributed by atoms with Crippen LogP contribution >= 0.6 is 0 Å². The lowest BCUT2D eigenvalue weighted by Crippen LogP contribution is -2.26. The van der Waals surface area contributed by atoms with Gasteiger partial charge in [0.15, 0.2) is 0 Å². The van der Waals surface area contributed by atoms with E-state index in [1.165, 1.54) is 44.9 Å². The summed E-state index contributed by atoms with van der Waals surface area (Å²) in [5.74, 6) is 4.34. The van der Waals surface area contributed by atoms with Crippen molar-refractivity contribution in [2.24, 2.45) is 29.1 Å². The maximum Gasteiger partial charge on any atom is -0.0297 e. The molecule has 0 saturated heterocycles. The van der Waals surface area contributed by atoms with E-state index in [4.69, 9.17) is 0 Å². The van der Waals surface area contributed by atoms with Crippen LogP contribution in [0.25, 0.3) is 0 Å². The zero-order valence-electron chi connectivity index (χ0n) is 19.7. The van der Waals surface area contributed by atoms with Gasteiger partial charge in [-0.05, 0) is 61.2 Å². The molecule has 0 unspecified atom stereocenters. The highest BCUT2D eigenvalue weighted by molar-refractivity contribution is 4.84. The molecule has 0 aromatic carbocycles. The average molecular weight is 389 g/mol. The van der Waals surface area contributed by atoms with Crippen molar-refractivity contribution >= 4 is 0 Å². The first kappa shape index (κ1) is 22.7. The van der Waals surface area contributed by atoms with Crippen molar-refractivity contribution in [1.82, 2.24) is 0 Å². The number of rotatable bonds is 10. The second kappa shape index (κ2) is 12.0. The molecular weight excluding hydrogens is 336 g/mol. The summed E-state index contributed by atoms with van der Waals surface area (Å²) < 4.78 is 0. The van der Waals surface area contributed by atoms with Crippen LogP contribution in [-0.2, 0) is 0 Å². The van der Waals surface area contributed by atoms with E-state index in [1.807, 2.05) is 0 Å². The summed E-state index contributed by atoms with van der Waals surface area (Å²) in [4.78, 5) is 0. The lowest BCUT2D eigenvalue weighted by Gasteiger charge is -2.39. The summed E-state index contributed by atoms with van der Waals surface area (Å²) in [7, 11) is 0. The molecule has 0 atom stereocenters. The third kappa shape index (κ3) is 7.05. The predicted molar refractivity (Wildman–Crippen MR) is 125 cm³/mol. The smallest absolute Gasteiger partial charge is 0.0297 e. The normalized spacial score (nSPS) is 33.6. The summed E-state index contributed by atoms with van der Waals surface area (Å²) >= 11 is 0. The molecule has 0 aromatic rings. The Hall–Kier alpha value is 0. The van der Waals surface area contributed by atoms with E-state index in [0.717, 1.165) is 29.1 Å². The van der Waals surface area contributed by atoms with E-state index in [1.54, 1.807) is 89.9 Å². The first-order valence-electron chi connectivity index (χ1n) is 13.7. The maximum absolute atomic E-state index is 2.41. The first-order chi connectivity index (χ1) is 13.7. The molecule has 28 heavy (non-hydrogen) atoms. The van der Waals surface area contributed by atoms with Crippen molar-refractivity contribution in [1.29, 1.82) is 0 Å². The molecule has 164 valence electrons. The van der Waals surface area contributed by atoms with Gasteiger partial charge in [0.1, 0.15) is 0 Å². The van der Waals surface area contributed by atoms with E-state index >= 15 is 0 Å². The maximum atomic E-state index is 2.41. The summed E-state index contributed by atoms with van der Waals surface area (Å²) in [5.41, 5.74) is 0.764. The van der Waals surface area contributed by atoms with Gasteiger partial charge in [0.25, 0.3) is 0 Å². The van der Waals surface area contributed by atoms with Gasteiger partial charge < -0.3 is 0 Å². The average Bonchev–Trinajstić information content (AvgIpc) is 2.74. The zero-order valence-corrected chi connectivity index (χ0v) is 19.7. The standard InChI is InChI=1S/C28H52/c1-3-8-24-9-11-25(12-10-24)13-14-26-15-17-27(18-16-26)19-23-28(20-4-2)21-6-5-7-22-28/h24-27H,3-23H2,1-2H3. The molecule has 0 heterocycles. The molecule has 0 amide bonds. The lowest BCUT2D eigenvalue weighted by molar-refractivity contribution is 0.130. The highest BCUT2D eigenvalue weighted by Crippen LogP contribution is 2.46. The Morgan fingerprint density at radius 2 is 0.964 bits per heavy atom. The largest absolute Gasteiger partial charge is 0.0654 e. The third-order valence-electron chi connectivity index (χ3n) is 9.39. The van der Waals surface area contributed by atoms with Crippen molar-refractivity contribution in [2.75, 3.05) is 0 Å². The summed E-state index contributed by atoms with van der Waals surface area (Å²) in [6.45, 7) is 4.78. The van der Waals surface area contributed by atoms with E-state index in [9.17, 15) is 0 Å². The molecule has 3 rings (SSSR count). The van der Waals surface area contributed by atoms with Crippen LogP contribution in [-0.4, -0.2) is 0 Å². The van der Waals surface area contributed by atoms with Gasteiger partial charge in [-0.2, -0.15) is 0 Å². The van der Waals surface area contributed by atoms with Crippen LogP contribution < -0.4 is 0 Å². The third-order valence-corrected chi connectivity index (χ3v) is 9.39. The summed E-state index contributed by atoms with van der Waals surface area (Å²) in [6, 6.07) is 0. The van der Waals surface area contributed by atoms with E-state index < -0.39 is 0 Å². The van der Waals surface area contributed by atoms with Crippen molar-refractivity contribution in [3.8, 4) is 0 Å². The molecule has 0 spiro atoms. The van der Waals surface area contributed by atoms with Crippen molar-refractivity contribution in [2.45, 2.75) is 149 Å². The van der Waals surface area contributed by atoms with Gasteiger partial charge in [0.05, 0.1) is 0 Å². The topological polar surface area (TPSA) is 0 Å². The molecule has 3 aliphatic carbocycles. The molecule has 3 fully saturated rings. The first-order valence-corrected chi connectivity index (χ1v) is 13.7. The van der Waals surface area contributed by atoms with E-state index in [-0.39, 0.29) is 0 Å². The quantitative estimate of drug-likeness (QED) is 0.349. The second-order valence-electron chi connectivity index (χ2n) is 11.5. The minimum atomic E-state index is 0.764. The zero-order chi connectivity index (χ0) is 19.7. The highest BCUT2D eigenvalue weighted by Gasteiger charge is 2.32. The van der Waals surface area contributed by atoms with Gasteiger partial charge in [-0.25, -0.2) is 0 Å². The molecule has 0 aromatic heterocycles. The number of hydrogen-bond donors (Lipinski definition) is 0. The molecule has 0 bridgehead atoms. The van der Waals surface area contributed by atoms with Crippen LogP contribution in [0.4, 0.5) is 0 Å². The Morgan fingerprint density at radius 1 is 0.500 bits per heavy atom. The second-order valence-corrected chi connectivity index (χ2v) is 11.5. The van der Waals surface area contributed by atoms with E-state index in [2.05, 4.69) is 13.8 Å². The van der Waals surface area contributed by atoms with Crippen molar-refractivity contribution < 1.29 is 0 Å². The van der Waals surface area contributed by atoms with E-state index in [0.29, 0.717) is 0 Å². The Bertz CT molecular complexity index is 383. The fourth-order valence-corrected chi connectivity index (χ4v) is 7.46. The van der Waals surface area contributed by atoms with Crippen LogP contribution in [0, 0.1) is 29.1 Å². The highest BCUT2D eigenvalue weighted by atomic mass is 14.4. The molecular formula is C28H52. The van der Waals surface area contributed by atoms with Gasteiger partial charge in [-0.1, -0.05) is 117 Å². The fraction of sp³-hybridized carbons (Fsp3) is 1.00. The molecule has 0 aliphatic heterocycles. The van der Waals surface area contributed by atoms with Gasteiger partial charge in [-0.3, -0.25) is 0 Å². The van der Waals surface area contributed by atoms with Gasteiger partial charge in [0.2, 0.25) is 0 Å². The Balaban J connectivity index is 1.29. The van der Waals surface area contributed by atoms with Crippen LogP contribution in [0.3, 0.4) is 0 Å². The van der Waals surface area contributed by atoms with Gasteiger partial charge in [-0.15, -0.1) is 0 Å². The van der Waals surface area contributed by atoms with Crippen molar-refractivity contribution in [3.63, 3.8) is 0 Å². The van der Waals surface area contributed by atoms with Gasteiger partial charge in [0, 0.05) is 0 Å². The predicted octanol–water partition coefficient (Wildman–Crippen LogP) is 9.71. The van der Waals surface area contributed by atoms with Gasteiger partial charge >= 0.3 is 0 Å². The fourth-order valence-electron chi connectivity index (χ4n) is 7.46. The molecule has 0 heteroatoms. The molecule has 3 aliphatic rings. The molecule has 0 N–H and O–H groups in total. The lowest BCUT2D eigenvalue weighted by atomic mass is 9.66. The summed E-state index contributed by atoms with van der Waals surface area (Å²) in [5, 5.41) is 0. The van der Waals surface area contributed by atoms with Crippen LogP contribution in [0.15, 0.2) is 0 Å². The SMILES string of the molecule is CCCC1CCC(CCC2CCC(CCC3(CCC)CCCCC3)CC2)CC1. The van der Waals surface area contributed by atoms with Crippen molar-refractivity contribution in [3.05, 3.63) is 0 Å². The minimum Gasteiger partial charge on any atom is -0.0654 e. The summed E-state index contributed by atoms with van der Waals surface area (Å²) in [6.07, 6.45) is 32.2. The number of hydrogen-bond acceptors (Lipinski definition) is 0.